The van der Waals surface area contributed by atoms with Crippen LogP contribution in [0.3, 0.4) is 0 Å². The predicted octanol–water partition coefficient (Wildman–Crippen LogP) is 7.45. The van der Waals surface area contributed by atoms with Crippen molar-refractivity contribution in [1.29, 1.82) is 0 Å². The minimum absolute atomic E-state index is 0.0115. The lowest BCUT2D eigenvalue weighted by molar-refractivity contribution is -0.149. The number of aliphatic hydroxyl groups is 1. The van der Waals surface area contributed by atoms with Crippen LogP contribution >= 0.6 is 0 Å². The highest BCUT2D eigenvalue weighted by atomic mass is 28.4. The molecule has 0 spiro atoms. The molecule has 0 aliphatic carbocycles. The van der Waals surface area contributed by atoms with Gasteiger partial charge in [-0.1, -0.05) is 136 Å². The van der Waals surface area contributed by atoms with Crippen LogP contribution in [0.15, 0.2) is 140 Å². The Bertz CT molecular complexity index is 1950. The van der Waals surface area contributed by atoms with Crippen molar-refractivity contribution in [3.05, 3.63) is 156 Å². The van der Waals surface area contributed by atoms with Crippen molar-refractivity contribution in [3.63, 3.8) is 0 Å². The van der Waals surface area contributed by atoms with Crippen LogP contribution in [0.25, 0.3) is 0 Å². The van der Waals surface area contributed by atoms with Gasteiger partial charge >= 0.3 is 0 Å². The second-order valence-electron chi connectivity index (χ2n) is 16.1. The predicted molar refractivity (Wildman–Crippen MR) is 226 cm³/mol. The zero-order valence-corrected chi connectivity index (χ0v) is 34.7. The molecule has 0 bridgehead atoms. The molecular formula is C48H55NO7Si. The van der Waals surface area contributed by atoms with E-state index in [9.17, 15) is 9.90 Å². The van der Waals surface area contributed by atoms with Crippen LogP contribution in [0.2, 0.25) is 5.04 Å². The summed E-state index contributed by atoms with van der Waals surface area (Å²) in [5.41, 5.74) is 1.63. The Morgan fingerprint density at radius 3 is 1.68 bits per heavy atom. The zero-order chi connectivity index (χ0) is 40.0. The molecule has 8 nitrogen and oxygen atoms in total. The molecule has 9 heteroatoms. The Morgan fingerprint density at radius 2 is 1.19 bits per heavy atom. The number of nitrogens with zero attached hydrogens (tertiary/aromatic N) is 1. The molecule has 2 aliphatic rings. The van der Waals surface area contributed by atoms with Gasteiger partial charge in [0.1, 0.15) is 29.4 Å². The van der Waals surface area contributed by atoms with Gasteiger partial charge in [0.2, 0.25) is 5.91 Å². The van der Waals surface area contributed by atoms with Gasteiger partial charge in [-0.25, -0.2) is 0 Å². The summed E-state index contributed by atoms with van der Waals surface area (Å²) in [6, 6.07) is 47.0. The van der Waals surface area contributed by atoms with E-state index >= 15 is 0 Å². The normalized spacial score (nSPS) is 20.6. The monoisotopic (exact) mass is 785 g/mol. The van der Waals surface area contributed by atoms with Gasteiger partial charge in [-0.2, -0.15) is 0 Å². The number of carbonyl (C=O) groups is 1. The van der Waals surface area contributed by atoms with Crippen LogP contribution in [0.1, 0.15) is 63.1 Å². The zero-order valence-electron chi connectivity index (χ0n) is 33.7. The summed E-state index contributed by atoms with van der Waals surface area (Å²) in [4.78, 5) is 15.7. The van der Waals surface area contributed by atoms with Crippen molar-refractivity contribution in [1.82, 2.24) is 4.90 Å². The molecule has 57 heavy (non-hydrogen) atoms. The number of aliphatic hydroxyl groups excluding tert-OH is 1. The molecule has 1 amide bonds. The summed E-state index contributed by atoms with van der Waals surface area (Å²) in [6.45, 7) is 7.38. The number of hydrogen-bond acceptors (Lipinski definition) is 7. The van der Waals surface area contributed by atoms with Crippen molar-refractivity contribution in [2.45, 2.75) is 81.6 Å². The van der Waals surface area contributed by atoms with E-state index in [-0.39, 0.29) is 23.7 Å². The Hall–Kier alpha value is -4.77. The fourth-order valence-corrected chi connectivity index (χ4v) is 13.4. The van der Waals surface area contributed by atoms with Crippen LogP contribution in [0.4, 0.5) is 0 Å². The smallest absolute Gasteiger partial charge is 0.261 e. The van der Waals surface area contributed by atoms with E-state index in [1.165, 1.54) is 10.4 Å². The second-order valence-corrected chi connectivity index (χ2v) is 20.3. The fourth-order valence-electron chi connectivity index (χ4n) is 8.68. The third-order valence-electron chi connectivity index (χ3n) is 11.6. The van der Waals surface area contributed by atoms with E-state index in [1.807, 2.05) is 95.9 Å². The van der Waals surface area contributed by atoms with Crippen LogP contribution in [-0.2, 0) is 24.3 Å². The molecule has 1 N–H and O–H groups in total. The number of amides is 1. The van der Waals surface area contributed by atoms with Crippen molar-refractivity contribution in [2.24, 2.45) is 0 Å². The van der Waals surface area contributed by atoms with Gasteiger partial charge < -0.3 is 33.4 Å². The molecule has 0 saturated carbocycles. The van der Waals surface area contributed by atoms with Crippen LogP contribution < -0.4 is 19.8 Å². The summed E-state index contributed by atoms with van der Waals surface area (Å²) in [5.74, 6) is 1.47. The van der Waals surface area contributed by atoms with E-state index < -0.39 is 32.4 Å². The maximum absolute atomic E-state index is 13.9. The van der Waals surface area contributed by atoms with E-state index in [0.29, 0.717) is 32.2 Å². The molecular weight excluding hydrogens is 731 g/mol. The number of rotatable bonds is 13. The number of carbonyl (C=O) groups excluding carboxylic acids is 1. The molecule has 2 aliphatic heterocycles. The van der Waals surface area contributed by atoms with Gasteiger partial charge in [0.05, 0.1) is 26.9 Å². The third kappa shape index (κ3) is 8.18. The van der Waals surface area contributed by atoms with Crippen LogP contribution in [0.5, 0.6) is 11.5 Å². The van der Waals surface area contributed by atoms with Gasteiger partial charge in [0.15, 0.2) is 0 Å². The first-order valence-electron chi connectivity index (χ1n) is 20.0. The lowest BCUT2D eigenvalue weighted by Crippen LogP contribution is -2.67. The Labute approximate surface area is 338 Å². The van der Waals surface area contributed by atoms with E-state index in [1.54, 1.807) is 14.2 Å². The number of methoxy groups -OCH3 is 2. The van der Waals surface area contributed by atoms with E-state index in [0.717, 1.165) is 28.2 Å². The minimum Gasteiger partial charge on any atom is -0.497 e. The van der Waals surface area contributed by atoms with Crippen molar-refractivity contribution < 1.29 is 33.3 Å². The Morgan fingerprint density at radius 1 is 0.702 bits per heavy atom. The first-order chi connectivity index (χ1) is 27.6. The summed E-state index contributed by atoms with van der Waals surface area (Å²) < 4.78 is 32.1. The molecule has 2 fully saturated rings. The number of benzene rings is 5. The summed E-state index contributed by atoms with van der Waals surface area (Å²) in [5, 5.41) is 13.8. The molecule has 0 aromatic heterocycles. The average molecular weight is 786 g/mol. The molecule has 2 heterocycles. The Kier molecular flexibility index (Phi) is 12.3. The minimum atomic E-state index is -2.81. The molecule has 7 rings (SSSR count). The third-order valence-corrected chi connectivity index (χ3v) is 16.7. The van der Waals surface area contributed by atoms with Gasteiger partial charge in [-0.05, 0) is 69.2 Å². The first kappa shape index (κ1) is 40.4. The fraction of sp³-hybridized carbons (Fsp3) is 0.354. The molecule has 0 radical (unpaired) electrons. The lowest BCUT2D eigenvalue weighted by atomic mass is 9.80. The number of ether oxygens (including phenoxy) is 4. The second kappa shape index (κ2) is 17.4. The van der Waals surface area contributed by atoms with Gasteiger partial charge in [-0.3, -0.25) is 4.79 Å². The maximum Gasteiger partial charge on any atom is 0.261 e. The Balaban J connectivity index is 1.12. The van der Waals surface area contributed by atoms with E-state index in [4.69, 9.17) is 23.4 Å². The van der Waals surface area contributed by atoms with Gasteiger partial charge in [0.25, 0.3) is 8.32 Å². The lowest BCUT2D eigenvalue weighted by Gasteiger charge is -2.45. The largest absolute Gasteiger partial charge is 0.497 e. The molecule has 298 valence electrons. The summed E-state index contributed by atoms with van der Waals surface area (Å²) in [6.07, 6.45) is -0.304. The highest BCUT2D eigenvalue weighted by molar-refractivity contribution is 6.99. The van der Waals surface area contributed by atoms with Gasteiger partial charge in [-0.15, -0.1) is 0 Å². The quantitative estimate of drug-likeness (QED) is 0.0982. The highest BCUT2D eigenvalue weighted by Gasteiger charge is 2.52. The van der Waals surface area contributed by atoms with E-state index in [2.05, 4.69) is 69.3 Å². The number of likely N-dealkylation sites (tertiary alicyclic amines) is 1. The maximum atomic E-state index is 13.9. The van der Waals surface area contributed by atoms with Crippen LogP contribution in [0, 0.1) is 0 Å². The van der Waals surface area contributed by atoms with Crippen LogP contribution in [-0.4, -0.2) is 76.1 Å². The SMILES string of the molecule is COc1ccc(C(OC[C@H]2O[C@@H](N3CC[C@H](O[Si](c4ccccc4)(c4ccccc4)C(C)(C)C)CCC3=O)CC2O)(c2ccccc2)c2ccc(OC)cc2)cc1. The first-order valence-corrected chi connectivity index (χ1v) is 21.9. The summed E-state index contributed by atoms with van der Waals surface area (Å²) >= 11 is 0. The van der Waals surface area contributed by atoms with Gasteiger partial charge in [0, 0.05) is 25.5 Å². The molecule has 2 saturated heterocycles. The molecule has 5 aromatic carbocycles. The highest BCUT2D eigenvalue weighted by Crippen LogP contribution is 2.43. The topological polar surface area (TPSA) is 86.7 Å². The molecule has 5 aromatic rings. The summed E-state index contributed by atoms with van der Waals surface area (Å²) in [7, 11) is 0.480. The van der Waals surface area contributed by atoms with Crippen molar-refractivity contribution >= 4 is 24.6 Å². The molecule has 1 unspecified atom stereocenters. The standard InChI is InChI=1S/C48H55NO7Si/c1-47(2,3)57(41-17-11-7-12-18-41,42-19-13-8-14-20-42)56-40-29-30-45(51)49(32-31-40)46-33-43(50)44(55-46)34-54-48(35-15-9-6-10-16-35,36-21-25-38(52-4)26-22-36)37-23-27-39(53-5)28-24-37/h6-28,40,43-44,46,50H,29-34H2,1-5H3/t40-,43?,44-,46-/m1/s1. The number of hydrogen-bond donors (Lipinski definition) is 1. The molecule has 4 atom stereocenters. The average Bonchev–Trinajstić information content (AvgIpc) is 3.51. The van der Waals surface area contributed by atoms with Crippen molar-refractivity contribution in [2.75, 3.05) is 27.4 Å². The van der Waals surface area contributed by atoms with Crippen molar-refractivity contribution in [3.8, 4) is 11.5 Å².